The molecule has 3 rings (SSSR count). The molecular formula is C36H49NO3. The van der Waals surface area contributed by atoms with Gasteiger partial charge in [0.2, 0.25) is 0 Å². The van der Waals surface area contributed by atoms with Crippen molar-refractivity contribution < 1.29 is 14.3 Å². The third kappa shape index (κ3) is 11.9. The zero-order valence-corrected chi connectivity index (χ0v) is 24.8. The molecule has 0 spiro atoms. The first-order chi connectivity index (χ1) is 19.7. The molecule has 0 radical (unpaired) electrons. The van der Waals surface area contributed by atoms with Crippen molar-refractivity contribution in [1.29, 1.82) is 0 Å². The average Bonchev–Trinajstić information content (AvgIpc) is 2.99. The summed E-state index contributed by atoms with van der Waals surface area (Å²) in [5, 5.41) is 0. The summed E-state index contributed by atoms with van der Waals surface area (Å²) in [6.07, 6.45) is 20.7. The summed E-state index contributed by atoms with van der Waals surface area (Å²) in [5.74, 6) is 0.961. The minimum Gasteiger partial charge on any atom is -0.494 e. The van der Waals surface area contributed by atoms with E-state index in [9.17, 15) is 4.79 Å². The Labute approximate surface area is 242 Å². The number of nitrogens with zero attached hydrogens (tertiary/aromatic N) is 1. The van der Waals surface area contributed by atoms with Crippen LogP contribution in [0.5, 0.6) is 11.5 Å². The number of ether oxygens (including phenoxy) is 2. The molecular weight excluding hydrogens is 494 g/mol. The molecule has 4 nitrogen and oxygen atoms in total. The lowest BCUT2D eigenvalue weighted by atomic mass is 10.0. The van der Waals surface area contributed by atoms with E-state index in [0.29, 0.717) is 11.3 Å². The maximum absolute atomic E-state index is 12.6. The predicted octanol–water partition coefficient (Wildman–Crippen LogP) is 10.4. The Morgan fingerprint density at radius 2 is 1.20 bits per heavy atom. The lowest BCUT2D eigenvalue weighted by Gasteiger charge is -2.08. The maximum Gasteiger partial charge on any atom is 0.343 e. The highest BCUT2D eigenvalue weighted by Gasteiger charge is 2.10. The number of hydrogen-bond donors (Lipinski definition) is 0. The van der Waals surface area contributed by atoms with Gasteiger partial charge < -0.3 is 9.47 Å². The van der Waals surface area contributed by atoms with Crippen LogP contribution in [0, 0.1) is 0 Å². The minimum absolute atomic E-state index is 0.361. The first kappa shape index (κ1) is 31.4. The summed E-state index contributed by atoms with van der Waals surface area (Å²) < 4.78 is 11.4. The lowest BCUT2D eigenvalue weighted by molar-refractivity contribution is 0.0734. The second-order valence-electron chi connectivity index (χ2n) is 10.8. The van der Waals surface area contributed by atoms with Gasteiger partial charge in [0.25, 0.3) is 0 Å². The molecule has 0 saturated carbocycles. The highest BCUT2D eigenvalue weighted by Crippen LogP contribution is 2.23. The van der Waals surface area contributed by atoms with Crippen LogP contribution in [0.2, 0.25) is 0 Å². The number of aromatic nitrogens is 1. The Bertz CT molecular complexity index is 1070. The summed E-state index contributed by atoms with van der Waals surface area (Å²) >= 11 is 0. The summed E-state index contributed by atoms with van der Waals surface area (Å²) in [7, 11) is 0. The van der Waals surface area contributed by atoms with Gasteiger partial charge >= 0.3 is 5.97 Å². The maximum atomic E-state index is 12.6. The highest BCUT2D eigenvalue weighted by molar-refractivity contribution is 5.91. The Kier molecular flexibility index (Phi) is 14.9. The van der Waals surface area contributed by atoms with Crippen LogP contribution in [0.25, 0.3) is 11.3 Å². The third-order valence-corrected chi connectivity index (χ3v) is 7.37. The number of pyridine rings is 1. The van der Waals surface area contributed by atoms with E-state index in [1.54, 1.807) is 12.3 Å². The van der Waals surface area contributed by atoms with E-state index in [2.05, 4.69) is 18.8 Å². The molecule has 1 heterocycles. The summed E-state index contributed by atoms with van der Waals surface area (Å²) in [6, 6.07) is 19.5. The SMILES string of the molecule is CCCCCCCCCCc1ccc(C(=O)Oc2ccc(-c3ccc(OCCCCCCCC)cc3)nc2)cc1. The van der Waals surface area contributed by atoms with Crippen molar-refractivity contribution in [2.75, 3.05) is 6.61 Å². The summed E-state index contributed by atoms with van der Waals surface area (Å²) in [4.78, 5) is 17.1. The van der Waals surface area contributed by atoms with Crippen molar-refractivity contribution in [3.8, 4) is 22.8 Å². The van der Waals surface area contributed by atoms with E-state index < -0.39 is 0 Å². The third-order valence-electron chi connectivity index (χ3n) is 7.37. The fraction of sp³-hybridized carbons (Fsp3) is 0.500. The van der Waals surface area contributed by atoms with Crippen LogP contribution < -0.4 is 9.47 Å². The molecule has 0 fully saturated rings. The van der Waals surface area contributed by atoms with Crippen LogP contribution >= 0.6 is 0 Å². The van der Waals surface area contributed by atoms with E-state index in [1.165, 1.54) is 89.0 Å². The normalized spacial score (nSPS) is 10.9. The van der Waals surface area contributed by atoms with Gasteiger partial charge in [0.05, 0.1) is 24.1 Å². The number of carbonyl (C=O) groups excluding carboxylic acids is 1. The second-order valence-corrected chi connectivity index (χ2v) is 10.8. The van der Waals surface area contributed by atoms with Crippen molar-refractivity contribution in [3.63, 3.8) is 0 Å². The number of unbranched alkanes of at least 4 members (excludes halogenated alkanes) is 12. The molecule has 0 atom stereocenters. The number of benzene rings is 2. The Morgan fingerprint density at radius 3 is 1.80 bits per heavy atom. The van der Waals surface area contributed by atoms with E-state index >= 15 is 0 Å². The van der Waals surface area contributed by atoms with Gasteiger partial charge in [-0.1, -0.05) is 103 Å². The van der Waals surface area contributed by atoms with Gasteiger partial charge in [0.15, 0.2) is 0 Å². The molecule has 0 saturated heterocycles. The molecule has 0 unspecified atom stereocenters. The van der Waals surface area contributed by atoms with Gasteiger partial charge in [0.1, 0.15) is 11.5 Å². The van der Waals surface area contributed by atoms with Crippen molar-refractivity contribution in [2.45, 2.75) is 110 Å². The quantitative estimate of drug-likeness (QED) is 0.105. The molecule has 2 aromatic carbocycles. The Hall–Kier alpha value is -3.14. The molecule has 1 aromatic heterocycles. The van der Waals surface area contributed by atoms with E-state index in [-0.39, 0.29) is 5.97 Å². The molecule has 40 heavy (non-hydrogen) atoms. The largest absolute Gasteiger partial charge is 0.494 e. The summed E-state index contributed by atoms with van der Waals surface area (Å²) in [6.45, 7) is 5.25. The zero-order chi connectivity index (χ0) is 28.3. The lowest BCUT2D eigenvalue weighted by Crippen LogP contribution is -2.08. The van der Waals surface area contributed by atoms with Gasteiger partial charge in [0, 0.05) is 5.56 Å². The van der Waals surface area contributed by atoms with Crippen LogP contribution in [0.1, 0.15) is 120 Å². The molecule has 4 heteroatoms. The Morgan fingerprint density at radius 1 is 0.625 bits per heavy atom. The van der Waals surface area contributed by atoms with E-state index in [0.717, 1.165) is 36.5 Å². The number of esters is 1. The molecule has 3 aromatic rings. The number of rotatable bonds is 20. The van der Waals surface area contributed by atoms with Gasteiger partial charge in [-0.15, -0.1) is 0 Å². The molecule has 0 aliphatic carbocycles. The van der Waals surface area contributed by atoms with Gasteiger partial charge in [-0.2, -0.15) is 0 Å². The molecule has 0 aliphatic heterocycles. The van der Waals surface area contributed by atoms with Crippen LogP contribution in [-0.2, 0) is 6.42 Å². The standard InChI is InChI=1S/C36H49NO3/c1-3-5-7-9-11-12-13-15-17-30-18-20-32(21-19-30)36(38)40-34-26-27-35(37-29-34)31-22-24-33(25-23-31)39-28-16-14-10-8-6-4-2/h18-27,29H,3-17,28H2,1-2H3. The first-order valence-corrected chi connectivity index (χ1v) is 15.7. The van der Waals surface area contributed by atoms with Gasteiger partial charge in [-0.05, 0) is 73.4 Å². The highest BCUT2D eigenvalue weighted by atomic mass is 16.5. The molecule has 0 N–H and O–H groups in total. The molecule has 216 valence electrons. The molecule has 0 amide bonds. The minimum atomic E-state index is -0.361. The van der Waals surface area contributed by atoms with Crippen LogP contribution in [0.4, 0.5) is 0 Å². The molecule has 0 bridgehead atoms. The van der Waals surface area contributed by atoms with Crippen molar-refractivity contribution in [3.05, 3.63) is 78.0 Å². The predicted molar refractivity (Wildman–Crippen MR) is 166 cm³/mol. The topological polar surface area (TPSA) is 48.4 Å². The monoisotopic (exact) mass is 543 g/mol. The van der Waals surface area contributed by atoms with Crippen LogP contribution in [-0.4, -0.2) is 17.6 Å². The van der Waals surface area contributed by atoms with Gasteiger partial charge in [-0.3, -0.25) is 4.98 Å². The first-order valence-electron chi connectivity index (χ1n) is 15.7. The van der Waals surface area contributed by atoms with Crippen LogP contribution in [0.3, 0.4) is 0 Å². The number of hydrogen-bond acceptors (Lipinski definition) is 4. The van der Waals surface area contributed by atoms with Crippen molar-refractivity contribution in [2.24, 2.45) is 0 Å². The fourth-order valence-electron chi connectivity index (χ4n) is 4.84. The summed E-state index contributed by atoms with van der Waals surface area (Å²) in [5.41, 5.74) is 3.65. The van der Waals surface area contributed by atoms with E-state index in [4.69, 9.17) is 9.47 Å². The van der Waals surface area contributed by atoms with Crippen LogP contribution in [0.15, 0.2) is 66.9 Å². The molecule has 0 aliphatic rings. The van der Waals surface area contributed by atoms with Crippen molar-refractivity contribution in [1.82, 2.24) is 4.98 Å². The second kappa shape index (κ2) is 19.0. The van der Waals surface area contributed by atoms with Gasteiger partial charge in [-0.25, -0.2) is 4.79 Å². The zero-order valence-electron chi connectivity index (χ0n) is 24.8. The fourth-order valence-corrected chi connectivity index (χ4v) is 4.84. The number of aryl methyl sites for hydroxylation is 1. The number of carbonyl (C=O) groups is 1. The average molecular weight is 544 g/mol. The van der Waals surface area contributed by atoms with E-state index in [1.807, 2.05) is 54.6 Å². The smallest absolute Gasteiger partial charge is 0.343 e. The van der Waals surface area contributed by atoms with Crippen molar-refractivity contribution >= 4 is 5.97 Å². The Balaban J connectivity index is 1.37.